The van der Waals surface area contributed by atoms with Crippen LogP contribution in [0.4, 0.5) is 26.3 Å². The SMILES string of the molecule is OC(c1ncns1)(C(F)(F)F)C(F)(F)F. The maximum Gasteiger partial charge on any atom is 0.433 e. The minimum absolute atomic E-state index is 0.168. The average molecular weight is 252 g/mol. The van der Waals surface area contributed by atoms with Crippen LogP contribution in [0.3, 0.4) is 0 Å². The van der Waals surface area contributed by atoms with Gasteiger partial charge >= 0.3 is 18.0 Å². The van der Waals surface area contributed by atoms with Crippen molar-refractivity contribution in [2.75, 3.05) is 0 Å². The lowest BCUT2D eigenvalue weighted by Crippen LogP contribution is -2.53. The maximum absolute atomic E-state index is 12.1. The largest absolute Gasteiger partial charge is 0.433 e. The zero-order valence-electron chi connectivity index (χ0n) is 6.60. The van der Waals surface area contributed by atoms with E-state index in [0.717, 1.165) is 0 Å². The number of aliphatic hydroxyl groups is 1. The molecule has 10 heteroatoms. The van der Waals surface area contributed by atoms with Gasteiger partial charge in [-0.3, -0.25) is 0 Å². The molecule has 1 heterocycles. The van der Waals surface area contributed by atoms with Gasteiger partial charge in [-0.15, -0.1) is 0 Å². The third-order valence-corrected chi connectivity index (χ3v) is 2.26. The van der Waals surface area contributed by atoms with Crippen molar-refractivity contribution < 1.29 is 31.4 Å². The molecular formula is C5H2F6N2OS. The van der Waals surface area contributed by atoms with Crippen molar-refractivity contribution in [3.63, 3.8) is 0 Å². The van der Waals surface area contributed by atoms with E-state index in [4.69, 9.17) is 5.11 Å². The standard InChI is InChI=1S/C5H2F6N2OS/c6-4(7,8)3(14,5(9,10)11)2-12-1-13-15-2/h1,14H. The minimum Gasteiger partial charge on any atom is -0.368 e. The summed E-state index contributed by atoms with van der Waals surface area (Å²) in [6.07, 6.45) is -11.3. The number of hydrogen-bond acceptors (Lipinski definition) is 4. The van der Waals surface area contributed by atoms with Gasteiger partial charge in [-0.2, -0.15) is 30.7 Å². The fraction of sp³-hybridized carbons (Fsp3) is 0.600. The molecule has 1 N–H and O–H groups in total. The Morgan fingerprint density at radius 1 is 1.07 bits per heavy atom. The fourth-order valence-corrected chi connectivity index (χ4v) is 1.39. The first-order chi connectivity index (χ1) is 6.61. The highest BCUT2D eigenvalue weighted by atomic mass is 32.1. The molecule has 0 bridgehead atoms. The highest BCUT2D eigenvalue weighted by Crippen LogP contribution is 2.50. The van der Waals surface area contributed by atoms with Gasteiger partial charge in [0.1, 0.15) is 6.33 Å². The zero-order valence-corrected chi connectivity index (χ0v) is 7.41. The van der Waals surface area contributed by atoms with Crippen LogP contribution in [-0.2, 0) is 5.60 Å². The second kappa shape index (κ2) is 3.30. The second-order valence-electron chi connectivity index (χ2n) is 2.45. The van der Waals surface area contributed by atoms with Gasteiger partial charge in [0, 0.05) is 0 Å². The monoisotopic (exact) mass is 252 g/mol. The number of hydrogen-bond donors (Lipinski definition) is 1. The lowest BCUT2D eigenvalue weighted by molar-refractivity contribution is -0.376. The van der Waals surface area contributed by atoms with Crippen molar-refractivity contribution in [1.82, 2.24) is 9.36 Å². The summed E-state index contributed by atoms with van der Waals surface area (Å²) in [6.45, 7) is 0. The normalized spacial score (nSPS) is 14.3. The van der Waals surface area contributed by atoms with E-state index in [9.17, 15) is 26.3 Å². The Hall–Kier alpha value is -0.900. The number of nitrogens with zero attached hydrogens (tertiary/aromatic N) is 2. The fourth-order valence-electron chi connectivity index (χ4n) is 0.736. The van der Waals surface area contributed by atoms with Crippen molar-refractivity contribution in [3.8, 4) is 0 Å². The molecule has 0 aliphatic carbocycles. The second-order valence-corrected chi connectivity index (χ2v) is 3.23. The molecule has 0 saturated heterocycles. The first kappa shape index (κ1) is 12.2. The molecule has 1 rings (SSSR count). The molecule has 0 unspecified atom stereocenters. The summed E-state index contributed by atoms with van der Waals surface area (Å²) in [5, 5.41) is 7.15. The summed E-state index contributed by atoms with van der Waals surface area (Å²) in [4.78, 5) is 2.74. The molecule has 15 heavy (non-hydrogen) atoms. The van der Waals surface area contributed by atoms with Crippen molar-refractivity contribution in [3.05, 3.63) is 11.3 Å². The first-order valence-corrected chi connectivity index (χ1v) is 4.01. The molecule has 86 valence electrons. The Labute approximate surface area is 82.5 Å². The van der Waals surface area contributed by atoms with E-state index in [1.807, 2.05) is 0 Å². The average Bonchev–Trinajstić information content (AvgIpc) is 2.49. The number of aromatic nitrogens is 2. The van der Waals surface area contributed by atoms with Gasteiger partial charge < -0.3 is 5.11 Å². The molecule has 0 aromatic carbocycles. The Balaban J connectivity index is 3.33. The van der Waals surface area contributed by atoms with Gasteiger partial charge in [0.15, 0.2) is 5.01 Å². The molecule has 0 aliphatic heterocycles. The van der Waals surface area contributed by atoms with Gasteiger partial charge in [-0.25, -0.2) is 4.98 Å². The van der Waals surface area contributed by atoms with E-state index in [1.165, 1.54) is 0 Å². The summed E-state index contributed by atoms with van der Waals surface area (Å²) < 4.78 is 75.8. The van der Waals surface area contributed by atoms with Crippen LogP contribution in [0, 0.1) is 0 Å². The molecule has 0 amide bonds. The molecule has 0 atom stereocenters. The van der Waals surface area contributed by atoms with Gasteiger partial charge in [0.2, 0.25) is 0 Å². The van der Waals surface area contributed by atoms with E-state index in [1.54, 1.807) is 0 Å². The summed E-state index contributed by atoms with van der Waals surface area (Å²) in [5.41, 5.74) is -4.96. The molecule has 0 fully saturated rings. The van der Waals surface area contributed by atoms with Crippen LogP contribution in [0.1, 0.15) is 5.01 Å². The predicted molar refractivity (Wildman–Crippen MR) is 35.9 cm³/mol. The molecule has 3 nitrogen and oxygen atoms in total. The maximum atomic E-state index is 12.1. The molecule has 0 radical (unpaired) electrons. The van der Waals surface area contributed by atoms with E-state index in [0.29, 0.717) is 6.33 Å². The van der Waals surface area contributed by atoms with Crippen LogP contribution in [0.5, 0.6) is 0 Å². The molecular weight excluding hydrogens is 250 g/mol. The van der Waals surface area contributed by atoms with Crippen molar-refractivity contribution in [2.24, 2.45) is 0 Å². The molecule has 0 aliphatic rings. The Morgan fingerprint density at radius 3 is 1.80 bits per heavy atom. The third kappa shape index (κ3) is 1.78. The van der Waals surface area contributed by atoms with Crippen molar-refractivity contribution >= 4 is 11.5 Å². The summed E-state index contributed by atoms with van der Waals surface area (Å²) in [6, 6.07) is 0. The van der Waals surface area contributed by atoms with Crippen LogP contribution in [0.2, 0.25) is 0 Å². The lowest BCUT2D eigenvalue weighted by atomic mass is 10.0. The van der Waals surface area contributed by atoms with Crippen LogP contribution >= 0.6 is 11.5 Å². The van der Waals surface area contributed by atoms with Crippen molar-refractivity contribution in [2.45, 2.75) is 18.0 Å². The minimum atomic E-state index is -5.90. The number of rotatable bonds is 1. The van der Waals surface area contributed by atoms with Gasteiger partial charge in [0.25, 0.3) is 0 Å². The van der Waals surface area contributed by atoms with Gasteiger partial charge in [-0.05, 0) is 11.5 Å². The number of halogens is 6. The van der Waals surface area contributed by atoms with Crippen LogP contribution < -0.4 is 0 Å². The summed E-state index contributed by atoms with van der Waals surface area (Å²) in [5.74, 6) is 0. The summed E-state index contributed by atoms with van der Waals surface area (Å²) >= 11 is -0.168. The van der Waals surface area contributed by atoms with Gasteiger partial charge in [-0.1, -0.05) is 0 Å². The quantitative estimate of drug-likeness (QED) is 0.776. The molecule has 1 aromatic rings. The molecule has 1 aromatic heterocycles. The first-order valence-electron chi connectivity index (χ1n) is 3.23. The van der Waals surface area contributed by atoms with Crippen molar-refractivity contribution in [1.29, 1.82) is 0 Å². The predicted octanol–water partition coefficient (Wildman–Crippen LogP) is 1.85. The highest BCUT2D eigenvalue weighted by Gasteiger charge is 2.73. The third-order valence-electron chi connectivity index (χ3n) is 1.49. The smallest absolute Gasteiger partial charge is 0.368 e. The van der Waals surface area contributed by atoms with E-state index < -0.39 is 23.0 Å². The zero-order chi connectivity index (χ0) is 11.9. The van der Waals surface area contributed by atoms with Crippen LogP contribution in [0.15, 0.2) is 6.33 Å². The van der Waals surface area contributed by atoms with E-state index >= 15 is 0 Å². The van der Waals surface area contributed by atoms with Gasteiger partial charge in [0.05, 0.1) is 0 Å². The van der Waals surface area contributed by atoms with Crippen LogP contribution in [-0.4, -0.2) is 26.8 Å². The summed E-state index contributed by atoms with van der Waals surface area (Å²) in [7, 11) is 0. The lowest BCUT2D eigenvalue weighted by Gasteiger charge is -2.29. The molecule has 0 spiro atoms. The van der Waals surface area contributed by atoms with E-state index in [-0.39, 0.29) is 11.5 Å². The topological polar surface area (TPSA) is 46.0 Å². The number of alkyl halides is 6. The van der Waals surface area contributed by atoms with E-state index in [2.05, 4.69) is 9.36 Å². The molecule has 0 saturated carbocycles. The van der Waals surface area contributed by atoms with Crippen LogP contribution in [0.25, 0.3) is 0 Å². The Morgan fingerprint density at radius 2 is 1.53 bits per heavy atom. The highest BCUT2D eigenvalue weighted by molar-refractivity contribution is 7.05. The Kier molecular flexibility index (Phi) is 2.68. The Bertz CT molecular complexity index is 316.